The van der Waals surface area contributed by atoms with Gasteiger partial charge in [0, 0.05) is 11.5 Å². The average molecular weight is 285 g/mol. The van der Waals surface area contributed by atoms with Crippen LogP contribution >= 0.6 is 11.5 Å². The van der Waals surface area contributed by atoms with Crippen molar-refractivity contribution in [3.63, 3.8) is 0 Å². The Morgan fingerprint density at radius 3 is 2.44 bits per heavy atom. The molecule has 0 unspecified atom stereocenters. The predicted molar refractivity (Wildman–Crippen MR) is 64.1 cm³/mol. The number of hydrogen-bond donors (Lipinski definition) is 2. The lowest BCUT2D eigenvalue weighted by Crippen LogP contribution is -2.12. The molecule has 94 valence electrons. The van der Waals surface area contributed by atoms with Crippen molar-refractivity contribution >= 4 is 32.7 Å². The van der Waals surface area contributed by atoms with Gasteiger partial charge in [0.2, 0.25) is 5.13 Å². The second-order valence-corrected chi connectivity index (χ2v) is 5.64. The first-order valence-electron chi connectivity index (χ1n) is 4.62. The van der Waals surface area contributed by atoms with Crippen molar-refractivity contribution in [3.05, 3.63) is 36.2 Å². The molecule has 7 nitrogen and oxygen atoms in total. The number of sulfonamides is 1. The Morgan fingerprint density at radius 2 is 1.94 bits per heavy atom. The van der Waals surface area contributed by atoms with E-state index in [1.807, 2.05) is 0 Å². The van der Waals surface area contributed by atoms with Crippen LogP contribution in [0.2, 0.25) is 0 Å². The lowest BCUT2D eigenvalue weighted by Gasteiger charge is -2.04. The van der Waals surface area contributed by atoms with Gasteiger partial charge in [0.15, 0.2) is 0 Å². The van der Waals surface area contributed by atoms with Crippen molar-refractivity contribution in [2.45, 2.75) is 4.90 Å². The number of carbonyl (C=O) groups is 1. The first-order valence-corrected chi connectivity index (χ1v) is 6.87. The van der Waals surface area contributed by atoms with Crippen LogP contribution in [0.5, 0.6) is 0 Å². The number of carboxylic acid groups (broad SMARTS) is 1. The first-order chi connectivity index (χ1) is 8.49. The first kappa shape index (κ1) is 12.5. The molecule has 0 spiro atoms. The third kappa shape index (κ3) is 2.63. The Morgan fingerprint density at radius 1 is 1.28 bits per heavy atom. The van der Waals surface area contributed by atoms with Gasteiger partial charge in [-0.25, -0.2) is 18.2 Å². The molecule has 2 rings (SSSR count). The largest absolute Gasteiger partial charge is 0.478 e. The van der Waals surface area contributed by atoms with Gasteiger partial charge in [-0.3, -0.25) is 4.72 Å². The second-order valence-electron chi connectivity index (χ2n) is 3.18. The molecule has 0 aliphatic carbocycles. The number of carboxylic acids is 1. The molecule has 1 aromatic carbocycles. The van der Waals surface area contributed by atoms with E-state index >= 15 is 0 Å². The minimum atomic E-state index is -3.76. The zero-order chi connectivity index (χ0) is 13.2. The van der Waals surface area contributed by atoms with E-state index in [2.05, 4.69) is 14.1 Å². The van der Waals surface area contributed by atoms with Gasteiger partial charge in [-0.2, -0.15) is 4.37 Å². The van der Waals surface area contributed by atoms with Crippen LogP contribution in [0.25, 0.3) is 0 Å². The lowest BCUT2D eigenvalue weighted by atomic mass is 10.2. The molecule has 2 aromatic rings. The average Bonchev–Trinajstić information content (AvgIpc) is 2.81. The van der Waals surface area contributed by atoms with Gasteiger partial charge >= 0.3 is 5.97 Å². The van der Waals surface area contributed by atoms with Gasteiger partial charge in [-0.05, 0) is 24.3 Å². The number of nitrogens with one attached hydrogen (secondary N) is 1. The molecule has 18 heavy (non-hydrogen) atoms. The summed E-state index contributed by atoms with van der Waals surface area (Å²) in [6, 6.07) is 4.87. The van der Waals surface area contributed by atoms with Gasteiger partial charge in [0.25, 0.3) is 10.0 Å². The van der Waals surface area contributed by atoms with Gasteiger partial charge in [0.1, 0.15) is 6.33 Å². The number of aromatic carboxylic acids is 1. The van der Waals surface area contributed by atoms with E-state index in [0.29, 0.717) is 0 Å². The molecule has 0 aliphatic heterocycles. The molecule has 2 N–H and O–H groups in total. The summed E-state index contributed by atoms with van der Waals surface area (Å²) in [6.45, 7) is 0. The maximum atomic E-state index is 11.9. The maximum absolute atomic E-state index is 11.9. The van der Waals surface area contributed by atoms with E-state index in [1.165, 1.54) is 30.6 Å². The van der Waals surface area contributed by atoms with Crippen LogP contribution < -0.4 is 4.72 Å². The quantitative estimate of drug-likeness (QED) is 0.868. The molecule has 0 aliphatic rings. The SMILES string of the molecule is O=C(O)c1ccc(S(=O)(=O)Nc2ncns2)cc1. The van der Waals surface area contributed by atoms with Gasteiger partial charge in [0.05, 0.1) is 10.5 Å². The minimum Gasteiger partial charge on any atom is -0.478 e. The Labute approximate surface area is 106 Å². The summed E-state index contributed by atoms with van der Waals surface area (Å²) in [5.74, 6) is -1.11. The highest BCUT2D eigenvalue weighted by Gasteiger charge is 2.16. The van der Waals surface area contributed by atoms with Crippen molar-refractivity contribution in [2.24, 2.45) is 0 Å². The van der Waals surface area contributed by atoms with Crippen molar-refractivity contribution in [1.82, 2.24) is 9.36 Å². The highest BCUT2D eigenvalue weighted by atomic mass is 32.2. The van der Waals surface area contributed by atoms with E-state index in [9.17, 15) is 13.2 Å². The molecular weight excluding hydrogens is 278 g/mol. The second kappa shape index (κ2) is 4.70. The lowest BCUT2D eigenvalue weighted by molar-refractivity contribution is 0.0697. The van der Waals surface area contributed by atoms with Crippen LogP contribution in [0.15, 0.2) is 35.5 Å². The number of hydrogen-bond acceptors (Lipinski definition) is 6. The third-order valence-corrected chi connectivity index (χ3v) is 4.06. The molecule has 0 radical (unpaired) electrons. The van der Waals surface area contributed by atoms with E-state index in [-0.39, 0.29) is 15.6 Å². The Balaban J connectivity index is 2.27. The van der Waals surface area contributed by atoms with Crippen LogP contribution in [-0.4, -0.2) is 28.9 Å². The molecule has 0 saturated carbocycles. The van der Waals surface area contributed by atoms with Crippen LogP contribution in [0.4, 0.5) is 5.13 Å². The number of aromatic nitrogens is 2. The topological polar surface area (TPSA) is 109 Å². The molecule has 0 atom stereocenters. The zero-order valence-corrected chi connectivity index (χ0v) is 10.4. The van der Waals surface area contributed by atoms with Crippen LogP contribution in [0.3, 0.4) is 0 Å². The van der Waals surface area contributed by atoms with Gasteiger partial charge < -0.3 is 5.11 Å². The molecule has 1 aromatic heterocycles. The summed E-state index contributed by atoms with van der Waals surface area (Å²) >= 11 is 0.907. The monoisotopic (exact) mass is 285 g/mol. The number of benzene rings is 1. The summed E-state index contributed by atoms with van der Waals surface area (Å²) < 4.78 is 29.6. The zero-order valence-electron chi connectivity index (χ0n) is 8.77. The number of nitrogens with zero attached hydrogens (tertiary/aromatic N) is 2. The fourth-order valence-electron chi connectivity index (χ4n) is 1.17. The minimum absolute atomic E-state index is 0.0184. The van der Waals surface area contributed by atoms with E-state index in [1.54, 1.807) is 0 Å². The summed E-state index contributed by atoms with van der Waals surface area (Å²) in [7, 11) is -3.76. The molecule has 0 bridgehead atoms. The van der Waals surface area contributed by atoms with Crippen molar-refractivity contribution < 1.29 is 18.3 Å². The Bertz CT molecular complexity index is 650. The highest BCUT2D eigenvalue weighted by Crippen LogP contribution is 2.16. The van der Waals surface area contributed by atoms with Gasteiger partial charge in [-0.15, -0.1) is 0 Å². The molecule has 9 heteroatoms. The number of anilines is 1. The summed E-state index contributed by atoms with van der Waals surface area (Å²) in [6.07, 6.45) is 1.23. The standard InChI is InChI=1S/C9H7N3O4S2/c13-8(14)6-1-3-7(4-2-6)18(15,16)12-9-10-5-11-17-9/h1-5H,(H,13,14)(H,10,11,12). The van der Waals surface area contributed by atoms with E-state index < -0.39 is 16.0 Å². The molecule has 0 fully saturated rings. The van der Waals surface area contributed by atoms with Crippen molar-refractivity contribution in [1.29, 1.82) is 0 Å². The molecule has 0 amide bonds. The normalized spacial score (nSPS) is 11.1. The smallest absolute Gasteiger partial charge is 0.335 e. The summed E-state index contributed by atoms with van der Waals surface area (Å²) in [5, 5.41) is 8.85. The molecule has 0 saturated heterocycles. The summed E-state index contributed by atoms with van der Waals surface area (Å²) in [4.78, 5) is 14.3. The number of rotatable bonds is 4. The Kier molecular flexibility index (Phi) is 3.26. The van der Waals surface area contributed by atoms with Crippen molar-refractivity contribution in [2.75, 3.05) is 4.72 Å². The highest BCUT2D eigenvalue weighted by molar-refractivity contribution is 7.93. The molecular formula is C9H7N3O4S2. The summed E-state index contributed by atoms with van der Waals surface area (Å²) in [5.41, 5.74) is 0.0184. The van der Waals surface area contributed by atoms with E-state index in [4.69, 9.17) is 5.11 Å². The van der Waals surface area contributed by atoms with Crippen LogP contribution in [-0.2, 0) is 10.0 Å². The fourth-order valence-corrected chi connectivity index (χ4v) is 2.83. The fraction of sp³-hybridized carbons (Fsp3) is 0. The third-order valence-electron chi connectivity index (χ3n) is 1.99. The van der Waals surface area contributed by atoms with Crippen LogP contribution in [0.1, 0.15) is 10.4 Å². The van der Waals surface area contributed by atoms with Gasteiger partial charge in [-0.1, -0.05) is 0 Å². The van der Waals surface area contributed by atoms with Crippen molar-refractivity contribution in [3.8, 4) is 0 Å². The van der Waals surface area contributed by atoms with E-state index in [0.717, 1.165) is 11.5 Å². The van der Waals surface area contributed by atoms with Crippen LogP contribution in [0, 0.1) is 0 Å². The molecule has 1 heterocycles. The maximum Gasteiger partial charge on any atom is 0.335 e. The Hall–Kier alpha value is -2.00. The predicted octanol–water partition coefficient (Wildman–Crippen LogP) is 1.04.